The summed E-state index contributed by atoms with van der Waals surface area (Å²) in [7, 11) is 0. The zero-order valence-corrected chi connectivity index (χ0v) is 9.37. The molecule has 0 saturated carbocycles. The predicted molar refractivity (Wildman–Crippen MR) is 64.4 cm³/mol. The topological polar surface area (TPSA) is 31.2 Å². The molecule has 1 aromatic heterocycles. The summed E-state index contributed by atoms with van der Waals surface area (Å²) >= 11 is 0. The molecule has 17 heavy (non-hydrogen) atoms. The summed E-state index contributed by atoms with van der Waals surface area (Å²) < 4.78 is 7.78. The maximum Gasteiger partial charge on any atom is 0.166 e. The number of aldehydes is 1. The fourth-order valence-corrected chi connectivity index (χ4v) is 2.28. The Labute approximate surface area is 99.6 Å². The number of hydrogen-bond acceptors (Lipinski definition) is 2. The Morgan fingerprint density at radius 1 is 1.29 bits per heavy atom. The van der Waals surface area contributed by atoms with E-state index in [-0.39, 0.29) is 6.10 Å². The second-order valence-corrected chi connectivity index (χ2v) is 4.25. The average molecular weight is 227 g/mol. The van der Waals surface area contributed by atoms with Crippen LogP contribution in [0.5, 0.6) is 5.75 Å². The number of aromatic nitrogens is 1. The van der Waals surface area contributed by atoms with Gasteiger partial charge in [0.25, 0.3) is 0 Å². The molecule has 0 saturated heterocycles. The summed E-state index contributed by atoms with van der Waals surface area (Å²) in [6, 6.07) is 11.8. The van der Waals surface area contributed by atoms with Crippen LogP contribution in [0.15, 0.2) is 42.6 Å². The normalized spacial score (nSPS) is 17.5. The van der Waals surface area contributed by atoms with Gasteiger partial charge in [-0.25, -0.2) is 0 Å². The third-order valence-corrected chi connectivity index (χ3v) is 3.10. The zero-order chi connectivity index (χ0) is 11.7. The van der Waals surface area contributed by atoms with E-state index in [4.69, 9.17) is 4.74 Å². The Balaban J connectivity index is 1.76. The monoisotopic (exact) mass is 227 g/mol. The third kappa shape index (κ3) is 1.84. The van der Waals surface area contributed by atoms with Crippen LogP contribution in [0.1, 0.15) is 16.1 Å². The summed E-state index contributed by atoms with van der Waals surface area (Å²) in [5.74, 6) is 0.970. The first-order chi connectivity index (χ1) is 8.36. The van der Waals surface area contributed by atoms with Crippen molar-refractivity contribution in [2.75, 3.05) is 0 Å². The quantitative estimate of drug-likeness (QED) is 0.753. The van der Waals surface area contributed by atoms with E-state index in [0.717, 1.165) is 25.0 Å². The van der Waals surface area contributed by atoms with Crippen molar-refractivity contribution >= 4 is 6.29 Å². The molecule has 0 aliphatic carbocycles. The molecule has 0 amide bonds. The first-order valence-electron chi connectivity index (χ1n) is 5.71. The van der Waals surface area contributed by atoms with E-state index in [1.54, 1.807) is 0 Å². The minimum atomic E-state index is 0.124. The van der Waals surface area contributed by atoms with Gasteiger partial charge in [-0.2, -0.15) is 0 Å². The van der Waals surface area contributed by atoms with Gasteiger partial charge in [-0.3, -0.25) is 4.79 Å². The minimum absolute atomic E-state index is 0.124. The van der Waals surface area contributed by atoms with Crippen molar-refractivity contribution in [2.24, 2.45) is 0 Å². The number of ether oxygens (including phenoxy) is 1. The molecule has 1 aliphatic heterocycles. The molecule has 0 N–H and O–H groups in total. The molecular weight excluding hydrogens is 214 g/mol. The largest absolute Gasteiger partial charge is 0.488 e. The fourth-order valence-electron chi connectivity index (χ4n) is 2.28. The summed E-state index contributed by atoms with van der Waals surface area (Å²) in [5.41, 5.74) is 1.95. The van der Waals surface area contributed by atoms with E-state index in [0.29, 0.717) is 5.69 Å². The van der Waals surface area contributed by atoms with E-state index in [1.807, 2.05) is 41.1 Å². The second kappa shape index (κ2) is 4.09. The van der Waals surface area contributed by atoms with E-state index >= 15 is 0 Å². The number of para-hydroxylation sites is 1. The first-order valence-corrected chi connectivity index (χ1v) is 5.71. The molecule has 2 heterocycles. The lowest BCUT2D eigenvalue weighted by Crippen LogP contribution is -2.21. The van der Waals surface area contributed by atoms with Crippen LogP contribution in [0.4, 0.5) is 0 Å². The van der Waals surface area contributed by atoms with Gasteiger partial charge in [0.2, 0.25) is 0 Å². The molecule has 1 aromatic carbocycles. The Kier molecular flexibility index (Phi) is 2.44. The average Bonchev–Trinajstić information content (AvgIpc) is 2.94. The highest BCUT2D eigenvalue weighted by Gasteiger charge is 2.22. The van der Waals surface area contributed by atoms with Gasteiger partial charge < -0.3 is 9.30 Å². The molecule has 0 bridgehead atoms. The van der Waals surface area contributed by atoms with Crippen molar-refractivity contribution in [3.05, 3.63) is 53.9 Å². The van der Waals surface area contributed by atoms with Crippen molar-refractivity contribution < 1.29 is 9.53 Å². The Morgan fingerprint density at radius 3 is 3.00 bits per heavy atom. The molecule has 1 aliphatic rings. The number of benzene rings is 1. The van der Waals surface area contributed by atoms with Crippen LogP contribution >= 0.6 is 0 Å². The molecule has 3 nitrogen and oxygen atoms in total. The van der Waals surface area contributed by atoms with Gasteiger partial charge in [0.05, 0.1) is 12.2 Å². The lowest BCUT2D eigenvalue weighted by atomic mass is 10.1. The van der Waals surface area contributed by atoms with Crippen LogP contribution in [-0.4, -0.2) is 17.0 Å². The van der Waals surface area contributed by atoms with Crippen molar-refractivity contribution in [3.63, 3.8) is 0 Å². The van der Waals surface area contributed by atoms with E-state index in [2.05, 4.69) is 6.07 Å². The van der Waals surface area contributed by atoms with Gasteiger partial charge in [-0.05, 0) is 23.8 Å². The van der Waals surface area contributed by atoms with Crippen molar-refractivity contribution in [1.82, 2.24) is 4.57 Å². The van der Waals surface area contributed by atoms with Crippen LogP contribution < -0.4 is 4.74 Å². The highest BCUT2D eigenvalue weighted by molar-refractivity contribution is 5.72. The summed E-state index contributed by atoms with van der Waals surface area (Å²) in [5, 5.41) is 0. The number of carbonyl (C=O) groups excluding carboxylic acids is 1. The van der Waals surface area contributed by atoms with Crippen LogP contribution in [-0.2, 0) is 13.0 Å². The molecule has 3 rings (SSSR count). The standard InChI is InChI=1S/C14H13NO2/c16-10-12-5-3-7-15(12)9-13-8-11-4-1-2-6-14(11)17-13/h1-7,10,13H,8-9H2. The van der Waals surface area contributed by atoms with E-state index in [9.17, 15) is 4.79 Å². The smallest absolute Gasteiger partial charge is 0.166 e. The second-order valence-electron chi connectivity index (χ2n) is 4.25. The molecule has 0 spiro atoms. The number of rotatable bonds is 3. The maximum absolute atomic E-state index is 10.8. The van der Waals surface area contributed by atoms with Gasteiger partial charge in [0, 0.05) is 12.6 Å². The van der Waals surface area contributed by atoms with Crippen LogP contribution in [0, 0.1) is 0 Å². The maximum atomic E-state index is 10.8. The third-order valence-electron chi connectivity index (χ3n) is 3.10. The van der Waals surface area contributed by atoms with E-state index in [1.165, 1.54) is 5.56 Å². The van der Waals surface area contributed by atoms with E-state index < -0.39 is 0 Å². The highest BCUT2D eigenvalue weighted by atomic mass is 16.5. The van der Waals surface area contributed by atoms with Crippen LogP contribution in [0.25, 0.3) is 0 Å². The molecule has 0 fully saturated rings. The SMILES string of the molecule is O=Cc1cccn1CC1Cc2ccccc2O1. The van der Waals surface area contributed by atoms with Crippen molar-refractivity contribution in [3.8, 4) is 5.75 Å². The van der Waals surface area contributed by atoms with Gasteiger partial charge >= 0.3 is 0 Å². The molecular formula is C14H13NO2. The molecule has 2 aromatic rings. The molecule has 86 valence electrons. The van der Waals surface area contributed by atoms with Crippen molar-refractivity contribution in [2.45, 2.75) is 19.1 Å². The molecule has 1 atom stereocenters. The van der Waals surface area contributed by atoms with Crippen molar-refractivity contribution in [1.29, 1.82) is 0 Å². The Bertz CT molecular complexity index is 520. The lowest BCUT2D eigenvalue weighted by Gasteiger charge is -2.12. The highest BCUT2D eigenvalue weighted by Crippen LogP contribution is 2.28. The molecule has 0 radical (unpaired) electrons. The predicted octanol–water partition coefficient (Wildman–Crippen LogP) is 2.30. The molecule has 1 unspecified atom stereocenters. The number of fused-ring (bicyclic) bond motifs is 1. The van der Waals surface area contributed by atoms with Gasteiger partial charge in [-0.15, -0.1) is 0 Å². The summed E-state index contributed by atoms with van der Waals surface area (Å²) in [6.07, 6.45) is 3.82. The van der Waals surface area contributed by atoms with Crippen LogP contribution in [0.2, 0.25) is 0 Å². The van der Waals surface area contributed by atoms with Gasteiger partial charge in [-0.1, -0.05) is 18.2 Å². The summed E-state index contributed by atoms with van der Waals surface area (Å²) in [4.78, 5) is 10.8. The Hall–Kier alpha value is -2.03. The van der Waals surface area contributed by atoms with Gasteiger partial charge in [0.15, 0.2) is 6.29 Å². The molecule has 3 heteroatoms. The fraction of sp³-hybridized carbons (Fsp3) is 0.214. The number of hydrogen-bond donors (Lipinski definition) is 0. The lowest BCUT2D eigenvalue weighted by molar-refractivity contribution is 0.111. The Morgan fingerprint density at radius 2 is 2.18 bits per heavy atom. The minimum Gasteiger partial charge on any atom is -0.488 e. The summed E-state index contributed by atoms with van der Waals surface area (Å²) in [6.45, 7) is 0.718. The number of carbonyl (C=O) groups is 1. The first kappa shape index (κ1) is 10.1. The number of nitrogens with zero attached hydrogens (tertiary/aromatic N) is 1. The zero-order valence-electron chi connectivity index (χ0n) is 9.37. The van der Waals surface area contributed by atoms with Crippen LogP contribution in [0.3, 0.4) is 0 Å². The van der Waals surface area contributed by atoms with Gasteiger partial charge in [0.1, 0.15) is 11.9 Å².